The van der Waals surface area contributed by atoms with Crippen molar-refractivity contribution in [2.45, 2.75) is 20.3 Å². The molecule has 0 saturated carbocycles. The van der Waals surface area contributed by atoms with Crippen LogP contribution in [0, 0.1) is 25.5 Å². The third-order valence-electron chi connectivity index (χ3n) is 4.03. The highest BCUT2D eigenvalue weighted by atomic mass is 19.1. The molecular formula is C20H20F2N2O4. The number of benzene rings is 2. The number of esters is 1. The topological polar surface area (TPSA) is 84.5 Å². The van der Waals surface area contributed by atoms with Crippen LogP contribution in [0.25, 0.3) is 0 Å². The van der Waals surface area contributed by atoms with Gasteiger partial charge in [-0.2, -0.15) is 0 Å². The molecule has 0 spiro atoms. The van der Waals surface area contributed by atoms with Crippen LogP contribution < -0.4 is 10.6 Å². The second-order valence-corrected chi connectivity index (χ2v) is 6.09. The maximum atomic E-state index is 13.5. The fourth-order valence-corrected chi connectivity index (χ4v) is 2.34. The molecule has 6 nitrogen and oxygen atoms in total. The van der Waals surface area contributed by atoms with Crippen molar-refractivity contribution in [3.8, 4) is 0 Å². The Bertz CT molecular complexity index is 900. The van der Waals surface area contributed by atoms with Crippen molar-refractivity contribution in [1.29, 1.82) is 0 Å². The molecule has 2 aromatic rings. The summed E-state index contributed by atoms with van der Waals surface area (Å²) in [5.74, 6) is -3.76. The van der Waals surface area contributed by atoms with Crippen LogP contribution >= 0.6 is 0 Å². The second-order valence-electron chi connectivity index (χ2n) is 6.09. The number of carbonyl (C=O) groups is 3. The Hall–Kier alpha value is -3.29. The number of rotatable bonds is 7. The molecule has 2 amide bonds. The predicted molar refractivity (Wildman–Crippen MR) is 98.8 cm³/mol. The van der Waals surface area contributed by atoms with E-state index >= 15 is 0 Å². The number of nitrogens with one attached hydrogen (secondary N) is 2. The highest BCUT2D eigenvalue weighted by Crippen LogP contribution is 2.17. The molecule has 0 heterocycles. The minimum Gasteiger partial charge on any atom is -0.456 e. The van der Waals surface area contributed by atoms with E-state index in [0.717, 1.165) is 23.3 Å². The molecular weight excluding hydrogens is 370 g/mol. The first-order chi connectivity index (χ1) is 13.3. The number of halogens is 2. The summed E-state index contributed by atoms with van der Waals surface area (Å²) < 4.78 is 31.2. The molecule has 0 aromatic heterocycles. The number of hydrogen-bond acceptors (Lipinski definition) is 4. The van der Waals surface area contributed by atoms with E-state index in [0.29, 0.717) is 11.8 Å². The zero-order chi connectivity index (χ0) is 20.7. The number of carbonyl (C=O) groups excluding carboxylic acids is 3. The van der Waals surface area contributed by atoms with E-state index < -0.39 is 36.0 Å². The van der Waals surface area contributed by atoms with Gasteiger partial charge in [-0.1, -0.05) is 12.1 Å². The van der Waals surface area contributed by atoms with Crippen LogP contribution in [0.5, 0.6) is 0 Å². The highest BCUT2D eigenvalue weighted by molar-refractivity contribution is 5.95. The molecule has 0 fully saturated rings. The molecule has 0 aliphatic rings. The number of ether oxygens (including phenoxy) is 1. The van der Waals surface area contributed by atoms with Crippen molar-refractivity contribution in [1.82, 2.24) is 5.32 Å². The first kappa shape index (κ1) is 21.0. The van der Waals surface area contributed by atoms with Gasteiger partial charge in [0, 0.05) is 18.3 Å². The minimum atomic E-state index is -0.997. The molecule has 28 heavy (non-hydrogen) atoms. The Labute approximate surface area is 160 Å². The van der Waals surface area contributed by atoms with Crippen molar-refractivity contribution >= 4 is 23.5 Å². The molecule has 0 aliphatic heterocycles. The number of aryl methyl sites for hydroxylation is 1. The summed E-state index contributed by atoms with van der Waals surface area (Å²) in [6.45, 7) is 3.19. The standard InChI is InChI=1S/C20H20F2N2O4/c1-12-4-3-5-17(13(12)2)24-18(25)11-28-19(26)8-9-23-20(27)15-7-6-14(21)10-16(15)22/h3-7,10H,8-9,11H2,1-2H3,(H,23,27)(H,24,25). The van der Waals surface area contributed by atoms with Crippen molar-refractivity contribution < 1.29 is 27.9 Å². The van der Waals surface area contributed by atoms with Gasteiger partial charge in [0.2, 0.25) is 0 Å². The van der Waals surface area contributed by atoms with E-state index in [9.17, 15) is 23.2 Å². The third-order valence-corrected chi connectivity index (χ3v) is 4.03. The van der Waals surface area contributed by atoms with Crippen LogP contribution in [0.15, 0.2) is 36.4 Å². The van der Waals surface area contributed by atoms with Gasteiger partial charge >= 0.3 is 5.97 Å². The lowest BCUT2D eigenvalue weighted by atomic mass is 10.1. The van der Waals surface area contributed by atoms with Crippen molar-refractivity contribution in [3.63, 3.8) is 0 Å². The summed E-state index contributed by atoms with van der Waals surface area (Å²) in [6, 6.07) is 8.02. The van der Waals surface area contributed by atoms with Crippen LogP contribution in [-0.4, -0.2) is 30.9 Å². The molecule has 0 bridgehead atoms. The van der Waals surface area contributed by atoms with Gasteiger partial charge in [-0.3, -0.25) is 14.4 Å². The Morgan fingerprint density at radius 2 is 1.82 bits per heavy atom. The van der Waals surface area contributed by atoms with E-state index in [2.05, 4.69) is 10.6 Å². The van der Waals surface area contributed by atoms with Gasteiger partial charge in [0.25, 0.3) is 11.8 Å². The van der Waals surface area contributed by atoms with Gasteiger partial charge in [-0.15, -0.1) is 0 Å². The lowest BCUT2D eigenvalue weighted by Gasteiger charge is -2.11. The summed E-state index contributed by atoms with van der Waals surface area (Å²) in [6.07, 6.45) is -0.203. The zero-order valence-electron chi connectivity index (χ0n) is 15.5. The Kier molecular flexibility index (Phi) is 7.20. The maximum Gasteiger partial charge on any atom is 0.308 e. The molecule has 0 aliphatic carbocycles. The van der Waals surface area contributed by atoms with Crippen molar-refractivity contribution in [2.24, 2.45) is 0 Å². The van der Waals surface area contributed by atoms with E-state index in [1.54, 1.807) is 12.1 Å². The van der Waals surface area contributed by atoms with Gasteiger partial charge < -0.3 is 15.4 Å². The van der Waals surface area contributed by atoms with Gasteiger partial charge in [0.05, 0.1) is 12.0 Å². The summed E-state index contributed by atoms with van der Waals surface area (Å²) in [5.41, 5.74) is 2.23. The van der Waals surface area contributed by atoms with E-state index in [1.165, 1.54) is 0 Å². The average molecular weight is 390 g/mol. The largest absolute Gasteiger partial charge is 0.456 e. The molecule has 0 radical (unpaired) electrons. The molecule has 0 saturated heterocycles. The van der Waals surface area contributed by atoms with Crippen molar-refractivity contribution in [2.75, 3.05) is 18.5 Å². The van der Waals surface area contributed by atoms with E-state index in [4.69, 9.17) is 4.74 Å². The number of amides is 2. The smallest absolute Gasteiger partial charge is 0.308 e. The first-order valence-electron chi connectivity index (χ1n) is 8.53. The fraction of sp³-hybridized carbons (Fsp3) is 0.250. The van der Waals surface area contributed by atoms with Crippen LogP contribution in [-0.2, 0) is 14.3 Å². The van der Waals surface area contributed by atoms with Crippen LogP contribution in [0.2, 0.25) is 0 Å². The third kappa shape index (κ3) is 5.87. The number of hydrogen-bond donors (Lipinski definition) is 2. The number of anilines is 1. The lowest BCUT2D eigenvalue weighted by Crippen LogP contribution is -2.28. The quantitative estimate of drug-likeness (QED) is 0.712. The zero-order valence-corrected chi connectivity index (χ0v) is 15.5. The Balaban J connectivity index is 1.73. The van der Waals surface area contributed by atoms with Crippen LogP contribution in [0.1, 0.15) is 27.9 Å². The average Bonchev–Trinajstić information content (AvgIpc) is 2.63. The summed E-state index contributed by atoms with van der Waals surface area (Å²) in [5, 5.41) is 4.98. The fourth-order valence-electron chi connectivity index (χ4n) is 2.34. The van der Waals surface area contributed by atoms with Crippen LogP contribution in [0.3, 0.4) is 0 Å². The molecule has 0 unspecified atom stereocenters. The Morgan fingerprint density at radius 1 is 1.07 bits per heavy atom. The van der Waals surface area contributed by atoms with E-state index in [1.807, 2.05) is 19.9 Å². The lowest BCUT2D eigenvalue weighted by molar-refractivity contribution is -0.147. The summed E-state index contributed by atoms with van der Waals surface area (Å²) in [4.78, 5) is 35.4. The molecule has 0 atom stereocenters. The monoisotopic (exact) mass is 390 g/mol. The first-order valence-corrected chi connectivity index (χ1v) is 8.53. The normalized spacial score (nSPS) is 10.3. The molecule has 148 valence electrons. The Morgan fingerprint density at radius 3 is 2.54 bits per heavy atom. The molecule has 2 rings (SSSR count). The van der Waals surface area contributed by atoms with E-state index in [-0.39, 0.29) is 18.5 Å². The SMILES string of the molecule is Cc1cccc(NC(=O)COC(=O)CCNC(=O)c2ccc(F)cc2F)c1C. The minimum absolute atomic E-state index is 0.118. The molecule has 2 aromatic carbocycles. The van der Waals surface area contributed by atoms with Gasteiger partial charge in [-0.05, 0) is 43.2 Å². The van der Waals surface area contributed by atoms with Gasteiger partial charge in [-0.25, -0.2) is 8.78 Å². The predicted octanol–water partition coefficient (Wildman–Crippen LogP) is 2.88. The van der Waals surface area contributed by atoms with Gasteiger partial charge in [0.1, 0.15) is 11.6 Å². The van der Waals surface area contributed by atoms with Crippen LogP contribution in [0.4, 0.5) is 14.5 Å². The highest BCUT2D eigenvalue weighted by Gasteiger charge is 2.14. The molecule has 8 heteroatoms. The maximum absolute atomic E-state index is 13.5. The second kappa shape index (κ2) is 9.59. The summed E-state index contributed by atoms with van der Waals surface area (Å²) in [7, 11) is 0. The van der Waals surface area contributed by atoms with Gasteiger partial charge in [0.15, 0.2) is 6.61 Å². The van der Waals surface area contributed by atoms with Crippen molar-refractivity contribution in [3.05, 3.63) is 64.7 Å². The summed E-state index contributed by atoms with van der Waals surface area (Å²) >= 11 is 0. The molecule has 2 N–H and O–H groups in total.